The minimum absolute atomic E-state index is 0.200. The van der Waals surface area contributed by atoms with Gasteiger partial charge in [0.05, 0.1) is 24.4 Å². The van der Waals surface area contributed by atoms with E-state index in [0.717, 1.165) is 30.9 Å². The third-order valence-electron chi connectivity index (χ3n) is 5.17. The Balaban J connectivity index is 1.72. The zero-order valence-corrected chi connectivity index (χ0v) is 17.1. The van der Waals surface area contributed by atoms with Crippen molar-refractivity contribution in [3.63, 3.8) is 0 Å². The highest BCUT2D eigenvalue weighted by molar-refractivity contribution is 5.96. The number of hydrogen-bond donors (Lipinski definition) is 1. The van der Waals surface area contributed by atoms with E-state index >= 15 is 0 Å². The fourth-order valence-corrected chi connectivity index (χ4v) is 3.56. The van der Waals surface area contributed by atoms with Gasteiger partial charge in [0.1, 0.15) is 17.6 Å². The lowest BCUT2D eigenvalue weighted by Gasteiger charge is -2.28. The maximum atomic E-state index is 13.2. The predicted octanol–water partition coefficient (Wildman–Crippen LogP) is 0.780. The summed E-state index contributed by atoms with van der Waals surface area (Å²) in [5.41, 5.74) is 1.37. The van der Waals surface area contributed by atoms with Crippen molar-refractivity contribution in [1.82, 2.24) is 24.6 Å². The molecule has 2 aromatic heterocycles. The molecule has 0 spiro atoms. The van der Waals surface area contributed by atoms with Gasteiger partial charge in [-0.15, -0.1) is 5.92 Å². The number of fused-ring (bicyclic) bond motifs is 1. The van der Waals surface area contributed by atoms with Crippen LogP contribution in [0.5, 0.6) is 0 Å². The Kier molecular flexibility index (Phi) is 5.78. The molecule has 0 unspecified atom stereocenters. The van der Waals surface area contributed by atoms with Crippen LogP contribution in [0.1, 0.15) is 22.8 Å². The summed E-state index contributed by atoms with van der Waals surface area (Å²) in [5, 5.41) is 16.4. The fourth-order valence-electron chi connectivity index (χ4n) is 3.56. The standard InChI is InChI=1S/C22H21N7O2/c1-2-3-10-28-20-18(26-22(28)27-11-8-24-9-12-27)14-25-29(21(20)31)15-19(30)17-6-4-16(13-23)5-7-17/h4-7,14,24H,8-12,15H2,1H3. The molecule has 0 radical (unpaired) electrons. The molecule has 0 atom stereocenters. The van der Waals surface area contributed by atoms with Crippen molar-refractivity contribution in [2.24, 2.45) is 0 Å². The fraction of sp³-hybridized carbons (Fsp3) is 0.318. The molecule has 1 aliphatic heterocycles. The third-order valence-corrected chi connectivity index (χ3v) is 5.17. The second-order valence-corrected chi connectivity index (χ2v) is 7.12. The maximum absolute atomic E-state index is 13.2. The number of anilines is 1. The van der Waals surface area contributed by atoms with Gasteiger partial charge in [-0.25, -0.2) is 9.67 Å². The summed E-state index contributed by atoms with van der Waals surface area (Å²) in [5.74, 6) is 6.31. The van der Waals surface area contributed by atoms with E-state index in [9.17, 15) is 9.59 Å². The Hall–Kier alpha value is -3.95. The number of nitrogens with one attached hydrogen (secondary N) is 1. The molecule has 1 N–H and O–H groups in total. The molecule has 156 valence electrons. The smallest absolute Gasteiger partial charge is 0.293 e. The first-order chi connectivity index (χ1) is 15.1. The molecule has 1 saturated heterocycles. The van der Waals surface area contributed by atoms with Crippen molar-refractivity contribution < 1.29 is 4.79 Å². The van der Waals surface area contributed by atoms with Crippen molar-refractivity contribution in [3.05, 3.63) is 51.9 Å². The number of nitrogens with zero attached hydrogens (tertiary/aromatic N) is 6. The number of rotatable bonds is 5. The Labute approximate surface area is 178 Å². The van der Waals surface area contributed by atoms with Crippen LogP contribution in [-0.2, 0) is 13.1 Å². The number of hydrogen-bond acceptors (Lipinski definition) is 7. The summed E-state index contributed by atoms with van der Waals surface area (Å²) < 4.78 is 2.96. The van der Waals surface area contributed by atoms with Gasteiger partial charge in [-0.2, -0.15) is 10.4 Å². The van der Waals surface area contributed by atoms with Crippen LogP contribution in [0, 0.1) is 23.2 Å². The molecular formula is C22H21N7O2. The molecule has 1 aliphatic rings. The Morgan fingerprint density at radius 1 is 1.23 bits per heavy atom. The zero-order valence-electron chi connectivity index (χ0n) is 17.1. The SMILES string of the molecule is CC#CCn1c(N2CCNCC2)nc2cnn(CC(=O)c3ccc(C#N)cc3)c(=O)c21. The maximum Gasteiger partial charge on any atom is 0.293 e. The molecule has 1 aromatic carbocycles. The molecule has 4 rings (SSSR count). The van der Waals surface area contributed by atoms with Gasteiger partial charge in [0.25, 0.3) is 5.56 Å². The second kappa shape index (κ2) is 8.82. The van der Waals surface area contributed by atoms with E-state index in [1.54, 1.807) is 31.2 Å². The summed E-state index contributed by atoms with van der Waals surface area (Å²) in [6, 6.07) is 8.32. The average molecular weight is 415 g/mol. The van der Waals surface area contributed by atoms with E-state index in [4.69, 9.17) is 5.26 Å². The molecule has 9 heteroatoms. The molecule has 0 bridgehead atoms. The van der Waals surface area contributed by atoms with E-state index in [0.29, 0.717) is 34.7 Å². The highest BCUT2D eigenvalue weighted by Gasteiger charge is 2.22. The first-order valence-corrected chi connectivity index (χ1v) is 9.97. The molecule has 3 heterocycles. The van der Waals surface area contributed by atoms with Crippen molar-refractivity contribution in [3.8, 4) is 17.9 Å². The Morgan fingerprint density at radius 3 is 2.65 bits per heavy atom. The highest BCUT2D eigenvalue weighted by atomic mass is 16.1. The van der Waals surface area contributed by atoms with Crippen LogP contribution >= 0.6 is 0 Å². The molecule has 31 heavy (non-hydrogen) atoms. The van der Waals surface area contributed by atoms with Gasteiger partial charge < -0.3 is 10.2 Å². The van der Waals surface area contributed by atoms with Crippen LogP contribution < -0.4 is 15.8 Å². The van der Waals surface area contributed by atoms with Crippen LogP contribution in [0.3, 0.4) is 0 Å². The lowest BCUT2D eigenvalue weighted by Crippen LogP contribution is -2.44. The summed E-state index contributed by atoms with van der Waals surface area (Å²) in [6.45, 7) is 5.11. The molecule has 0 amide bonds. The van der Waals surface area contributed by atoms with E-state index in [1.165, 1.54) is 6.20 Å². The second-order valence-electron chi connectivity index (χ2n) is 7.12. The summed E-state index contributed by atoms with van der Waals surface area (Å²) in [6.07, 6.45) is 1.52. The summed E-state index contributed by atoms with van der Waals surface area (Å²) >= 11 is 0. The molecule has 0 saturated carbocycles. The van der Waals surface area contributed by atoms with Gasteiger partial charge in [0, 0.05) is 31.7 Å². The van der Waals surface area contributed by atoms with Crippen molar-refractivity contribution in [2.45, 2.75) is 20.0 Å². The minimum atomic E-state index is -0.383. The summed E-state index contributed by atoms with van der Waals surface area (Å²) in [4.78, 5) is 32.7. The van der Waals surface area contributed by atoms with E-state index in [-0.39, 0.29) is 17.9 Å². The van der Waals surface area contributed by atoms with Crippen LogP contribution in [0.25, 0.3) is 11.0 Å². The minimum Gasteiger partial charge on any atom is -0.340 e. The molecule has 9 nitrogen and oxygen atoms in total. The topological polar surface area (TPSA) is 109 Å². The Bertz CT molecular complexity index is 1280. The lowest BCUT2D eigenvalue weighted by atomic mass is 10.1. The summed E-state index contributed by atoms with van der Waals surface area (Å²) in [7, 11) is 0. The van der Waals surface area contributed by atoms with Crippen LogP contribution in [0.4, 0.5) is 5.95 Å². The van der Waals surface area contributed by atoms with Gasteiger partial charge in [-0.1, -0.05) is 18.1 Å². The van der Waals surface area contributed by atoms with Crippen LogP contribution in [0.15, 0.2) is 35.3 Å². The van der Waals surface area contributed by atoms with Crippen LogP contribution in [-0.4, -0.2) is 51.3 Å². The van der Waals surface area contributed by atoms with E-state index in [1.807, 2.05) is 10.6 Å². The number of aromatic nitrogens is 4. The molecule has 3 aromatic rings. The van der Waals surface area contributed by atoms with Crippen molar-refractivity contribution in [2.75, 3.05) is 31.1 Å². The van der Waals surface area contributed by atoms with Gasteiger partial charge in [-0.3, -0.25) is 14.2 Å². The number of carbonyl (C=O) groups excluding carboxylic acids is 1. The number of Topliss-reactive ketones (excluding diaryl/α,β-unsaturated/α-hetero) is 1. The van der Waals surface area contributed by atoms with Gasteiger partial charge >= 0.3 is 0 Å². The largest absolute Gasteiger partial charge is 0.340 e. The average Bonchev–Trinajstić information content (AvgIpc) is 3.19. The van der Waals surface area contributed by atoms with Crippen molar-refractivity contribution >= 4 is 22.8 Å². The van der Waals surface area contributed by atoms with Gasteiger partial charge in [0.2, 0.25) is 5.95 Å². The molecule has 1 fully saturated rings. The highest BCUT2D eigenvalue weighted by Crippen LogP contribution is 2.20. The number of benzene rings is 1. The quantitative estimate of drug-likeness (QED) is 0.484. The zero-order chi connectivity index (χ0) is 21.8. The van der Waals surface area contributed by atoms with Crippen LogP contribution in [0.2, 0.25) is 0 Å². The molecule has 0 aliphatic carbocycles. The van der Waals surface area contributed by atoms with E-state index in [2.05, 4.69) is 32.1 Å². The molecular weight excluding hydrogens is 394 g/mol. The van der Waals surface area contributed by atoms with Gasteiger partial charge in [-0.05, 0) is 19.1 Å². The number of carbonyl (C=O) groups is 1. The predicted molar refractivity (Wildman–Crippen MR) is 116 cm³/mol. The third kappa shape index (κ3) is 4.04. The lowest BCUT2D eigenvalue weighted by molar-refractivity contribution is 0.0966. The first kappa shape index (κ1) is 20.3. The number of imidazole rings is 1. The first-order valence-electron chi connectivity index (χ1n) is 9.97. The van der Waals surface area contributed by atoms with Crippen molar-refractivity contribution in [1.29, 1.82) is 5.26 Å². The number of ketones is 1. The van der Waals surface area contributed by atoms with Gasteiger partial charge in [0.15, 0.2) is 5.78 Å². The Morgan fingerprint density at radius 2 is 1.97 bits per heavy atom. The normalized spacial score (nSPS) is 13.5. The monoisotopic (exact) mass is 415 g/mol. The number of piperazine rings is 1. The van der Waals surface area contributed by atoms with E-state index < -0.39 is 0 Å². The number of nitriles is 1.